The normalized spacial score (nSPS) is 21.7. The smallest absolute Gasteiger partial charge is 0.416 e. The highest BCUT2D eigenvalue weighted by Crippen LogP contribution is 2.48. The number of rotatable bonds is 6. The van der Waals surface area contributed by atoms with Gasteiger partial charge in [0, 0.05) is 35.2 Å². The monoisotopic (exact) mass is 535 g/mol. The molecule has 8 nitrogen and oxygen atoms in total. The van der Waals surface area contributed by atoms with Gasteiger partial charge in [-0.05, 0) is 36.8 Å². The van der Waals surface area contributed by atoms with E-state index in [0.29, 0.717) is 42.9 Å². The molecule has 0 amide bonds. The van der Waals surface area contributed by atoms with Gasteiger partial charge in [0.1, 0.15) is 17.6 Å². The van der Waals surface area contributed by atoms with Crippen LogP contribution in [0.2, 0.25) is 0 Å². The van der Waals surface area contributed by atoms with E-state index in [-0.39, 0.29) is 29.2 Å². The molecule has 2 atom stereocenters. The topological polar surface area (TPSA) is 99.6 Å². The van der Waals surface area contributed by atoms with Gasteiger partial charge in [0.25, 0.3) is 10.0 Å². The molecule has 5 rings (SSSR count). The maximum absolute atomic E-state index is 13.5. The summed E-state index contributed by atoms with van der Waals surface area (Å²) in [6, 6.07) is 11.0. The number of sulfonamides is 1. The Bertz CT molecular complexity index is 1400. The lowest BCUT2D eigenvalue weighted by molar-refractivity contribution is -0.137. The first kappa shape index (κ1) is 25.3. The van der Waals surface area contributed by atoms with Crippen molar-refractivity contribution < 1.29 is 35.8 Å². The van der Waals surface area contributed by atoms with Gasteiger partial charge in [-0.2, -0.15) is 18.3 Å². The largest absolute Gasteiger partial charge is 0.493 e. The molecule has 3 heterocycles. The van der Waals surface area contributed by atoms with Crippen LogP contribution < -0.4 is 14.2 Å². The van der Waals surface area contributed by atoms with Crippen molar-refractivity contribution in [3.8, 4) is 11.5 Å². The zero-order chi connectivity index (χ0) is 26.3. The van der Waals surface area contributed by atoms with Gasteiger partial charge in [0.15, 0.2) is 5.82 Å². The van der Waals surface area contributed by atoms with Gasteiger partial charge in [0.05, 0.1) is 30.3 Å². The van der Waals surface area contributed by atoms with Gasteiger partial charge < -0.3 is 14.2 Å². The second kappa shape index (κ2) is 9.49. The van der Waals surface area contributed by atoms with Crippen molar-refractivity contribution in [3.05, 3.63) is 71.4 Å². The predicted octanol–water partition coefficient (Wildman–Crippen LogP) is 4.55. The van der Waals surface area contributed by atoms with Gasteiger partial charge in [-0.25, -0.2) is 8.42 Å². The molecule has 3 aromatic rings. The van der Waals surface area contributed by atoms with Crippen LogP contribution in [0.4, 0.5) is 19.0 Å². The number of anilines is 1. The summed E-state index contributed by atoms with van der Waals surface area (Å²) < 4.78 is 86.0. The minimum Gasteiger partial charge on any atom is -0.493 e. The number of benzene rings is 2. The molecule has 0 spiro atoms. The molecule has 2 aromatic carbocycles. The van der Waals surface area contributed by atoms with Crippen LogP contribution in [-0.4, -0.2) is 44.5 Å². The lowest BCUT2D eigenvalue weighted by Crippen LogP contribution is -2.32. The molecule has 2 aliphatic rings. The second-order valence-corrected chi connectivity index (χ2v) is 10.8. The zero-order valence-corrected chi connectivity index (χ0v) is 20.6. The minimum absolute atomic E-state index is 0.0480. The summed E-state index contributed by atoms with van der Waals surface area (Å²) >= 11 is 0. The molecule has 0 bridgehead atoms. The van der Waals surface area contributed by atoms with Crippen LogP contribution in [-0.2, 0) is 26.4 Å². The summed E-state index contributed by atoms with van der Waals surface area (Å²) in [6.45, 7) is 2.90. The third-order valence-corrected chi connectivity index (χ3v) is 7.97. The number of hydrogen-bond donors (Lipinski definition) is 1. The van der Waals surface area contributed by atoms with E-state index in [0.717, 1.165) is 12.1 Å². The first-order valence-corrected chi connectivity index (χ1v) is 13.1. The number of nitrogens with zero attached hydrogens (tertiary/aromatic N) is 2. The van der Waals surface area contributed by atoms with Crippen molar-refractivity contribution in [3.63, 3.8) is 0 Å². The van der Waals surface area contributed by atoms with Crippen LogP contribution in [0, 0.1) is 0 Å². The molecule has 12 heteroatoms. The van der Waals surface area contributed by atoms with Crippen LogP contribution in [0.5, 0.6) is 11.5 Å². The summed E-state index contributed by atoms with van der Waals surface area (Å²) in [4.78, 5) is -0.0480. The van der Waals surface area contributed by atoms with Crippen molar-refractivity contribution in [1.29, 1.82) is 0 Å². The van der Waals surface area contributed by atoms with Crippen molar-refractivity contribution in [2.24, 2.45) is 0 Å². The van der Waals surface area contributed by atoms with Crippen molar-refractivity contribution in [2.45, 2.75) is 42.4 Å². The van der Waals surface area contributed by atoms with Crippen molar-refractivity contribution in [2.75, 3.05) is 24.5 Å². The van der Waals surface area contributed by atoms with E-state index in [1.807, 2.05) is 6.92 Å². The van der Waals surface area contributed by atoms with E-state index in [2.05, 4.69) is 14.9 Å². The van der Waals surface area contributed by atoms with Crippen LogP contribution in [0.25, 0.3) is 0 Å². The Morgan fingerprint density at radius 1 is 1.11 bits per heavy atom. The standard InChI is InChI=1S/C25H24F3N3O5S/c1-24(20-6-4-16(25(26,27)28)13-22(20)36-17-8-11-34-15-17)9-12-35-21-14-18(5-7-19(21)24)37(32,33)31-23-3-2-10-29-30-23/h2-7,10,13-14,17H,8-9,11-12,15H2,1H3,(H,30,31)/t17-,24+/m0/s1. The molecule has 1 aromatic heterocycles. The number of halogens is 3. The highest BCUT2D eigenvalue weighted by molar-refractivity contribution is 7.92. The first-order chi connectivity index (χ1) is 17.6. The second-order valence-electron chi connectivity index (χ2n) is 9.12. The van der Waals surface area contributed by atoms with E-state index in [9.17, 15) is 21.6 Å². The maximum atomic E-state index is 13.5. The molecule has 0 unspecified atom stereocenters. The van der Waals surface area contributed by atoms with Gasteiger partial charge in [-0.3, -0.25) is 4.72 Å². The van der Waals surface area contributed by atoms with Crippen LogP contribution in [0.15, 0.2) is 59.6 Å². The first-order valence-electron chi connectivity index (χ1n) is 11.6. The zero-order valence-electron chi connectivity index (χ0n) is 19.8. The summed E-state index contributed by atoms with van der Waals surface area (Å²) in [6.07, 6.45) is -2.44. The average Bonchev–Trinajstić information content (AvgIpc) is 3.37. The molecule has 0 aliphatic carbocycles. The van der Waals surface area contributed by atoms with E-state index in [4.69, 9.17) is 14.2 Å². The van der Waals surface area contributed by atoms with Gasteiger partial charge in [-0.1, -0.05) is 19.1 Å². The summed E-state index contributed by atoms with van der Waals surface area (Å²) in [5.74, 6) is 0.515. The number of aromatic nitrogens is 2. The Morgan fingerprint density at radius 2 is 1.92 bits per heavy atom. The van der Waals surface area contributed by atoms with Crippen molar-refractivity contribution >= 4 is 15.8 Å². The van der Waals surface area contributed by atoms with E-state index in [1.54, 1.807) is 12.1 Å². The van der Waals surface area contributed by atoms with Crippen LogP contribution in [0.1, 0.15) is 36.5 Å². The Labute approximate surface area is 211 Å². The predicted molar refractivity (Wildman–Crippen MR) is 127 cm³/mol. The number of nitrogens with one attached hydrogen (secondary N) is 1. The number of hydrogen-bond acceptors (Lipinski definition) is 7. The molecule has 1 fully saturated rings. The van der Waals surface area contributed by atoms with E-state index >= 15 is 0 Å². The molecular weight excluding hydrogens is 511 g/mol. The number of alkyl halides is 3. The van der Waals surface area contributed by atoms with Crippen LogP contribution in [0.3, 0.4) is 0 Å². The third kappa shape index (κ3) is 5.08. The summed E-state index contributed by atoms with van der Waals surface area (Å²) in [5.41, 5.74) is -0.403. The van der Waals surface area contributed by atoms with E-state index < -0.39 is 27.2 Å². The molecule has 1 N–H and O–H groups in total. The highest BCUT2D eigenvalue weighted by Gasteiger charge is 2.40. The molecule has 196 valence electrons. The molecule has 1 saturated heterocycles. The maximum Gasteiger partial charge on any atom is 0.416 e. The fraction of sp³-hybridized carbons (Fsp3) is 0.360. The van der Waals surface area contributed by atoms with Crippen LogP contribution >= 0.6 is 0 Å². The van der Waals surface area contributed by atoms with Gasteiger partial charge in [-0.15, -0.1) is 5.10 Å². The van der Waals surface area contributed by atoms with E-state index in [1.165, 1.54) is 30.5 Å². The Kier molecular flexibility index (Phi) is 6.48. The lowest BCUT2D eigenvalue weighted by atomic mass is 9.72. The minimum atomic E-state index is -4.53. The Hall–Kier alpha value is -3.38. The van der Waals surface area contributed by atoms with Gasteiger partial charge >= 0.3 is 6.18 Å². The summed E-state index contributed by atoms with van der Waals surface area (Å²) in [7, 11) is -3.99. The van der Waals surface area contributed by atoms with Crippen molar-refractivity contribution in [1.82, 2.24) is 10.2 Å². The molecule has 2 aliphatic heterocycles. The summed E-state index contributed by atoms with van der Waals surface area (Å²) in [5, 5.41) is 7.40. The highest BCUT2D eigenvalue weighted by atomic mass is 32.2. The fourth-order valence-electron chi connectivity index (χ4n) is 4.61. The molecule has 0 radical (unpaired) electrons. The molecular formula is C25H24F3N3O5S. The quantitative estimate of drug-likeness (QED) is 0.494. The third-order valence-electron chi connectivity index (χ3n) is 6.61. The SMILES string of the molecule is C[C@@]1(c2ccc(C(F)(F)F)cc2O[C@H]2CCOC2)CCOc2cc(S(=O)(=O)Nc3cccnn3)ccc21. The number of fused-ring (bicyclic) bond motifs is 1. The lowest BCUT2D eigenvalue weighted by Gasteiger charge is -2.38. The number of ether oxygens (including phenoxy) is 3. The Balaban J connectivity index is 1.54. The van der Waals surface area contributed by atoms with Gasteiger partial charge in [0.2, 0.25) is 0 Å². The fourth-order valence-corrected chi connectivity index (χ4v) is 5.63. The Morgan fingerprint density at radius 3 is 2.62 bits per heavy atom. The average molecular weight is 536 g/mol. The molecule has 37 heavy (non-hydrogen) atoms. The molecule has 0 saturated carbocycles.